The molecule has 4 nitrogen and oxygen atoms in total. The van der Waals surface area contributed by atoms with Crippen LogP contribution in [-0.2, 0) is 9.53 Å². The highest BCUT2D eigenvalue weighted by Gasteiger charge is 2.17. The number of morpholine rings is 1. The van der Waals surface area contributed by atoms with Crippen molar-refractivity contribution in [3.63, 3.8) is 0 Å². The zero-order valence-corrected chi connectivity index (χ0v) is 11.6. The van der Waals surface area contributed by atoms with E-state index in [-0.39, 0.29) is 30.2 Å². The lowest BCUT2D eigenvalue weighted by molar-refractivity contribution is -0.117. The van der Waals surface area contributed by atoms with Gasteiger partial charge < -0.3 is 15.4 Å². The number of ether oxygens (including phenoxy) is 1. The third-order valence-electron chi connectivity index (χ3n) is 2.90. The molecule has 0 aromatic heterocycles. The first-order valence-electron chi connectivity index (χ1n) is 6.02. The first-order chi connectivity index (χ1) is 8.65. The van der Waals surface area contributed by atoms with E-state index >= 15 is 0 Å². The summed E-state index contributed by atoms with van der Waals surface area (Å²) in [4.78, 5) is 11.8. The van der Waals surface area contributed by atoms with E-state index in [1.807, 2.05) is 6.92 Å². The number of halogens is 2. The quantitative estimate of drug-likeness (QED) is 0.893. The van der Waals surface area contributed by atoms with Crippen LogP contribution in [0, 0.1) is 12.7 Å². The number of anilines is 1. The van der Waals surface area contributed by atoms with Crippen LogP contribution < -0.4 is 10.6 Å². The molecule has 1 atom stereocenters. The maximum Gasteiger partial charge on any atom is 0.226 e. The van der Waals surface area contributed by atoms with E-state index in [1.165, 1.54) is 12.1 Å². The van der Waals surface area contributed by atoms with Crippen molar-refractivity contribution < 1.29 is 13.9 Å². The number of rotatable bonds is 3. The van der Waals surface area contributed by atoms with Crippen molar-refractivity contribution in [1.29, 1.82) is 0 Å². The van der Waals surface area contributed by atoms with E-state index in [4.69, 9.17) is 4.74 Å². The molecule has 0 bridgehead atoms. The van der Waals surface area contributed by atoms with Crippen molar-refractivity contribution in [2.45, 2.75) is 19.4 Å². The summed E-state index contributed by atoms with van der Waals surface area (Å²) in [5.41, 5.74) is 1.37. The van der Waals surface area contributed by atoms with Gasteiger partial charge in [0.15, 0.2) is 0 Å². The van der Waals surface area contributed by atoms with Gasteiger partial charge in [-0.1, -0.05) is 6.07 Å². The number of carbonyl (C=O) groups excluding carboxylic acids is 1. The van der Waals surface area contributed by atoms with Crippen molar-refractivity contribution in [3.05, 3.63) is 29.6 Å². The topological polar surface area (TPSA) is 50.4 Å². The smallest absolute Gasteiger partial charge is 0.226 e. The maximum atomic E-state index is 13.1. The molecule has 1 unspecified atom stereocenters. The molecule has 1 aromatic rings. The highest BCUT2D eigenvalue weighted by atomic mass is 35.5. The van der Waals surface area contributed by atoms with Crippen LogP contribution in [0.15, 0.2) is 18.2 Å². The summed E-state index contributed by atoms with van der Waals surface area (Å²) in [6.07, 6.45) is 0.329. The van der Waals surface area contributed by atoms with Crippen LogP contribution in [0.4, 0.5) is 10.1 Å². The zero-order chi connectivity index (χ0) is 13.0. The normalized spacial score (nSPS) is 18.5. The summed E-state index contributed by atoms with van der Waals surface area (Å²) in [7, 11) is 0. The molecule has 1 amide bonds. The third-order valence-corrected chi connectivity index (χ3v) is 2.90. The van der Waals surface area contributed by atoms with Crippen LogP contribution in [0.2, 0.25) is 0 Å². The van der Waals surface area contributed by atoms with Gasteiger partial charge in [-0.25, -0.2) is 4.39 Å². The Morgan fingerprint density at radius 1 is 1.58 bits per heavy atom. The lowest BCUT2D eigenvalue weighted by Gasteiger charge is -2.23. The number of carbonyl (C=O) groups is 1. The Morgan fingerprint density at radius 2 is 2.37 bits per heavy atom. The molecule has 1 fully saturated rings. The maximum absolute atomic E-state index is 13.1. The fourth-order valence-electron chi connectivity index (χ4n) is 1.90. The molecule has 106 valence electrons. The van der Waals surface area contributed by atoms with Crippen molar-refractivity contribution in [1.82, 2.24) is 5.32 Å². The van der Waals surface area contributed by atoms with Crippen LogP contribution in [0.1, 0.15) is 12.0 Å². The number of nitrogens with one attached hydrogen (secondary N) is 2. The lowest BCUT2D eigenvalue weighted by Crippen LogP contribution is -2.43. The van der Waals surface area contributed by atoms with E-state index < -0.39 is 0 Å². The summed E-state index contributed by atoms with van der Waals surface area (Å²) in [6, 6.07) is 4.39. The largest absolute Gasteiger partial charge is 0.378 e. The van der Waals surface area contributed by atoms with Gasteiger partial charge in [0.05, 0.1) is 13.2 Å². The van der Waals surface area contributed by atoms with E-state index in [0.29, 0.717) is 25.3 Å². The summed E-state index contributed by atoms with van der Waals surface area (Å²) >= 11 is 0. The Hall–Kier alpha value is -1.17. The predicted octanol–water partition coefficient (Wildman–Crippen LogP) is 1.87. The molecular weight excluding hydrogens is 271 g/mol. The molecule has 0 aliphatic carbocycles. The van der Waals surface area contributed by atoms with Gasteiger partial charge in [-0.2, -0.15) is 0 Å². The molecule has 19 heavy (non-hydrogen) atoms. The molecule has 1 saturated heterocycles. The van der Waals surface area contributed by atoms with Crippen molar-refractivity contribution in [2.24, 2.45) is 0 Å². The number of hydrogen-bond donors (Lipinski definition) is 2. The van der Waals surface area contributed by atoms with Gasteiger partial charge in [-0.05, 0) is 24.6 Å². The SMILES string of the molecule is Cc1ccc(F)cc1NC(=O)CC1COCCN1.Cl. The molecule has 0 spiro atoms. The Morgan fingerprint density at radius 3 is 3.05 bits per heavy atom. The Kier molecular flexibility index (Phi) is 6.21. The third kappa shape index (κ3) is 4.78. The zero-order valence-electron chi connectivity index (χ0n) is 10.7. The fraction of sp³-hybridized carbons (Fsp3) is 0.462. The second-order valence-electron chi connectivity index (χ2n) is 4.44. The van der Waals surface area contributed by atoms with Crippen molar-refractivity contribution >= 4 is 24.0 Å². The van der Waals surface area contributed by atoms with Crippen LogP contribution >= 0.6 is 12.4 Å². The first-order valence-corrected chi connectivity index (χ1v) is 6.02. The minimum absolute atomic E-state index is 0. The molecule has 2 N–H and O–H groups in total. The fourth-order valence-corrected chi connectivity index (χ4v) is 1.90. The van der Waals surface area contributed by atoms with Crippen LogP contribution in [0.3, 0.4) is 0 Å². The summed E-state index contributed by atoms with van der Waals surface area (Å²) in [5.74, 6) is -0.485. The Labute approximate surface area is 118 Å². The van der Waals surface area contributed by atoms with Gasteiger partial charge in [0, 0.05) is 24.7 Å². The summed E-state index contributed by atoms with van der Waals surface area (Å²) < 4.78 is 18.3. The van der Waals surface area contributed by atoms with Gasteiger partial charge in [0.2, 0.25) is 5.91 Å². The minimum Gasteiger partial charge on any atom is -0.378 e. The van der Waals surface area contributed by atoms with Crippen LogP contribution in [0.5, 0.6) is 0 Å². The molecule has 1 aliphatic heterocycles. The summed E-state index contributed by atoms with van der Waals surface area (Å²) in [6.45, 7) is 3.81. The van der Waals surface area contributed by atoms with Crippen LogP contribution in [-0.4, -0.2) is 31.7 Å². The molecule has 6 heteroatoms. The predicted molar refractivity (Wildman–Crippen MR) is 74.2 cm³/mol. The van der Waals surface area contributed by atoms with Gasteiger partial charge >= 0.3 is 0 Å². The van der Waals surface area contributed by atoms with Gasteiger partial charge in [0.25, 0.3) is 0 Å². The molecular formula is C13H18ClFN2O2. The lowest BCUT2D eigenvalue weighted by atomic mass is 10.1. The minimum atomic E-state index is -0.352. The molecule has 0 saturated carbocycles. The molecule has 1 aliphatic rings. The number of hydrogen-bond acceptors (Lipinski definition) is 3. The van der Waals surface area contributed by atoms with Crippen molar-refractivity contribution in [2.75, 3.05) is 25.1 Å². The van der Waals surface area contributed by atoms with E-state index in [9.17, 15) is 9.18 Å². The number of aryl methyl sites for hydroxylation is 1. The van der Waals surface area contributed by atoms with Gasteiger partial charge in [-0.15, -0.1) is 12.4 Å². The molecule has 2 rings (SSSR count). The van der Waals surface area contributed by atoms with E-state index in [0.717, 1.165) is 12.1 Å². The molecule has 1 heterocycles. The highest BCUT2D eigenvalue weighted by Crippen LogP contribution is 2.16. The number of amides is 1. The van der Waals surface area contributed by atoms with Gasteiger partial charge in [0.1, 0.15) is 5.82 Å². The first kappa shape index (κ1) is 15.9. The average Bonchev–Trinajstić information content (AvgIpc) is 2.35. The monoisotopic (exact) mass is 288 g/mol. The number of benzene rings is 1. The highest BCUT2D eigenvalue weighted by molar-refractivity contribution is 5.91. The van der Waals surface area contributed by atoms with E-state index in [2.05, 4.69) is 10.6 Å². The summed E-state index contributed by atoms with van der Waals surface area (Å²) in [5, 5.41) is 5.93. The average molecular weight is 289 g/mol. The van der Waals surface area contributed by atoms with Crippen molar-refractivity contribution in [3.8, 4) is 0 Å². The van der Waals surface area contributed by atoms with Crippen LogP contribution in [0.25, 0.3) is 0 Å². The van der Waals surface area contributed by atoms with E-state index in [1.54, 1.807) is 6.07 Å². The standard InChI is InChI=1S/C13H17FN2O2.ClH/c1-9-2-3-10(14)6-12(9)16-13(17)7-11-8-18-5-4-15-11;/h2-3,6,11,15H,4-5,7-8H2,1H3,(H,16,17);1H. The van der Waals surface area contributed by atoms with Gasteiger partial charge in [-0.3, -0.25) is 4.79 Å². The Balaban J connectivity index is 0.00000180. The second kappa shape index (κ2) is 7.43. The molecule has 0 radical (unpaired) electrons. The molecule has 1 aromatic carbocycles. The second-order valence-corrected chi connectivity index (χ2v) is 4.44. The Bertz CT molecular complexity index is 437.